The van der Waals surface area contributed by atoms with Crippen molar-refractivity contribution in [2.75, 3.05) is 33.3 Å². The summed E-state index contributed by atoms with van der Waals surface area (Å²) in [6.45, 7) is 2.58. The number of nitrogens with one attached hydrogen (secondary N) is 1. The van der Waals surface area contributed by atoms with Gasteiger partial charge in [0.2, 0.25) is 5.91 Å². The summed E-state index contributed by atoms with van der Waals surface area (Å²) in [6, 6.07) is 0.196. The zero-order chi connectivity index (χ0) is 12.7. The number of hydrogen-bond acceptors (Lipinski definition) is 5. The largest absolute Gasteiger partial charge is 0.469 e. The zero-order valence-electron chi connectivity index (χ0n) is 10.3. The van der Waals surface area contributed by atoms with Crippen LogP contribution in [0.5, 0.6) is 0 Å². The van der Waals surface area contributed by atoms with Crippen LogP contribution in [-0.4, -0.2) is 56.1 Å². The summed E-state index contributed by atoms with van der Waals surface area (Å²) in [5, 5.41) is 2.77. The quantitative estimate of drug-likeness (QED) is 0.466. The maximum absolute atomic E-state index is 11.5. The van der Waals surface area contributed by atoms with E-state index in [-0.39, 0.29) is 17.9 Å². The maximum atomic E-state index is 11.5. The molecule has 0 unspecified atom stereocenters. The van der Waals surface area contributed by atoms with Crippen molar-refractivity contribution in [3.8, 4) is 0 Å². The normalized spacial score (nSPS) is 20.2. The zero-order valence-corrected chi connectivity index (χ0v) is 10.3. The Morgan fingerprint density at radius 3 is 2.88 bits per heavy atom. The van der Waals surface area contributed by atoms with Crippen LogP contribution in [0, 0.1) is 0 Å². The van der Waals surface area contributed by atoms with Crippen LogP contribution in [0.15, 0.2) is 0 Å². The fourth-order valence-electron chi connectivity index (χ4n) is 1.83. The maximum Gasteiger partial charge on any atom is 0.305 e. The third kappa shape index (κ3) is 5.65. The van der Waals surface area contributed by atoms with Crippen molar-refractivity contribution in [1.29, 1.82) is 0 Å². The summed E-state index contributed by atoms with van der Waals surface area (Å²) in [4.78, 5) is 24.4. The third-order valence-electron chi connectivity index (χ3n) is 2.78. The van der Waals surface area contributed by atoms with Crippen molar-refractivity contribution in [2.45, 2.75) is 25.3 Å². The summed E-state index contributed by atoms with van der Waals surface area (Å²) in [5.74, 6) is -0.256. The van der Waals surface area contributed by atoms with Crippen molar-refractivity contribution in [3.63, 3.8) is 0 Å². The molecule has 1 fully saturated rings. The number of nitrogens with two attached hydrogens (primary N) is 1. The topological polar surface area (TPSA) is 84.7 Å². The van der Waals surface area contributed by atoms with Gasteiger partial charge in [-0.2, -0.15) is 0 Å². The molecule has 0 aromatic rings. The van der Waals surface area contributed by atoms with Gasteiger partial charge in [0, 0.05) is 32.1 Å². The molecule has 0 bridgehead atoms. The standard InChI is InChI=1S/C11H21N3O3/c1-17-11(16)3-2-5-13-10(15)8-14-6-4-9(12)7-14/h9H,2-8,12H2,1H3,(H,13,15)/t9-/m0/s1. The molecule has 1 aliphatic rings. The van der Waals surface area contributed by atoms with Crippen molar-refractivity contribution >= 4 is 11.9 Å². The van der Waals surface area contributed by atoms with Crippen LogP contribution < -0.4 is 11.1 Å². The van der Waals surface area contributed by atoms with Crippen molar-refractivity contribution in [1.82, 2.24) is 10.2 Å². The number of carbonyl (C=O) groups excluding carboxylic acids is 2. The predicted molar refractivity (Wildman–Crippen MR) is 63.3 cm³/mol. The smallest absolute Gasteiger partial charge is 0.305 e. The van der Waals surface area contributed by atoms with Gasteiger partial charge in [-0.1, -0.05) is 0 Å². The lowest BCUT2D eigenvalue weighted by molar-refractivity contribution is -0.140. The second kappa shape index (κ2) is 7.24. The molecule has 1 aliphatic heterocycles. The molecule has 98 valence electrons. The monoisotopic (exact) mass is 243 g/mol. The highest BCUT2D eigenvalue weighted by molar-refractivity contribution is 5.78. The predicted octanol–water partition coefficient (Wildman–Crippen LogP) is -0.911. The summed E-state index contributed by atoms with van der Waals surface area (Å²) >= 11 is 0. The van der Waals surface area contributed by atoms with E-state index >= 15 is 0 Å². The fraction of sp³-hybridized carbons (Fsp3) is 0.818. The molecule has 0 aliphatic carbocycles. The average Bonchev–Trinajstić information content (AvgIpc) is 2.69. The number of esters is 1. The molecule has 1 heterocycles. The van der Waals surface area contributed by atoms with Gasteiger partial charge >= 0.3 is 5.97 Å². The Labute approximate surface area is 101 Å². The van der Waals surface area contributed by atoms with Crippen LogP contribution in [-0.2, 0) is 14.3 Å². The number of likely N-dealkylation sites (tertiary alicyclic amines) is 1. The van der Waals surface area contributed by atoms with Gasteiger partial charge in [0.15, 0.2) is 0 Å². The molecule has 17 heavy (non-hydrogen) atoms. The van der Waals surface area contributed by atoms with Gasteiger partial charge in [0.25, 0.3) is 0 Å². The Bertz CT molecular complexity index is 271. The second-order valence-electron chi connectivity index (χ2n) is 4.31. The van der Waals surface area contributed by atoms with Crippen molar-refractivity contribution in [2.24, 2.45) is 5.73 Å². The Hall–Kier alpha value is -1.14. The molecule has 1 atom stereocenters. The van der Waals surface area contributed by atoms with E-state index < -0.39 is 0 Å². The first-order chi connectivity index (χ1) is 8.11. The van der Waals surface area contributed by atoms with Crippen LogP contribution in [0.2, 0.25) is 0 Å². The first-order valence-electron chi connectivity index (χ1n) is 5.93. The van der Waals surface area contributed by atoms with E-state index in [9.17, 15) is 9.59 Å². The highest BCUT2D eigenvalue weighted by atomic mass is 16.5. The van der Waals surface area contributed by atoms with Gasteiger partial charge in [-0.3, -0.25) is 14.5 Å². The minimum absolute atomic E-state index is 0.0102. The highest BCUT2D eigenvalue weighted by Gasteiger charge is 2.20. The minimum Gasteiger partial charge on any atom is -0.469 e. The number of carbonyl (C=O) groups is 2. The number of amides is 1. The number of hydrogen-bond donors (Lipinski definition) is 2. The number of ether oxygens (including phenoxy) is 1. The van der Waals surface area contributed by atoms with E-state index in [0.717, 1.165) is 19.5 Å². The Balaban J connectivity index is 2.03. The van der Waals surface area contributed by atoms with E-state index in [1.807, 2.05) is 4.90 Å². The van der Waals surface area contributed by atoms with Gasteiger partial charge in [-0.25, -0.2) is 0 Å². The minimum atomic E-state index is -0.246. The summed E-state index contributed by atoms with van der Waals surface area (Å²) in [7, 11) is 1.36. The first kappa shape index (κ1) is 13.9. The highest BCUT2D eigenvalue weighted by Crippen LogP contribution is 2.05. The molecule has 3 N–H and O–H groups in total. The number of nitrogens with zero attached hydrogens (tertiary/aromatic N) is 1. The van der Waals surface area contributed by atoms with E-state index in [4.69, 9.17) is 5.73 Å². The van der Waals surface area contributed by atoms with Crippen molar-refractivity contribution in [3.05, 3.63) is 0 Å². The van der Waals surface area contributed by atoms with E-state index in [2.05, 4.69) is 10.1 Å². The second-order valence-corrected chi connectivity index (χ2v) is 4.31. The van der Waals surface area contributed by atoms with E-state index in [1.165, 1.54) is 7.11 Å². The molecular weight excluding hydrogens is 222 g/mol. The number of methoxy groups -OCH3 is 1. The van der Waals surface area contributed by atoms with E-state index in [0.29, 0.717) is 25.9 Å². The van der Waals surface area contributed by atoms with Gasteiger partial charge in [0.05, 0.1) is 13.7 Å². The lowest BCUT2D eigenvalue weighted by atomic mass is 10.3. The van der Waals surface area contributed by atoms with Crippen molar-refractivity contribution < 1.29 is 14.3 Å². The van der Waals surface area contributed by atoms with Gasteiger partial charge in [-0.05, 0) is 12.8 Å². The van der Waals surface area contributed by atoms with Crippen LogP contribution in [0.1, 0.15) is 19.3 Å². The van der Waals surface area contributed by atoms with Gasteiger partial charge in [0.1, 0.15) is 0 Å². The average molecular weight is 243 g/mol. The Morgan fingerprint density at radius 2 is 2.29 bits per heavy atom. The molecule has 0 aromatic carbocycles. The Morgan fingerprint density at radius 1 is 1.53 bits per heavy atom. The lowest BCUT2D eigenvalue weighted by Crippen LogP contribution is -2.37. The summed E-state index contributed by atoms with van der Waals surface area (Å²) in [5.41, 5.74) is 5.75. The summed E-state index contributed by atoms with van der Waals surface area (Å²) < 4.78 is 4.50. The SMILES string of the molecule is COC(=O)CCCNC(=O)CN1CC[C@H](N)C1. The first-order valence-corrected chi connectivity index (χ1v) is 5.93. The van der Waals surface area contributed by atoms with E-state index in [1.54, 1.807) is 0 Å². The van der Waals surface area contributed by atoms with Crippen LogP contribution in [0.4, 0.5) is 0 Å². The third-order valence-corrected chi connectivity index (χ3v) is 2.78. The molecule has 0 saturated carbocycles. The molecule has 0 aromatic heterocycles. The van der Waals surface area contributed by atoms with Gasteiger partial charge in [-0.15, -0.1) is 0 Å². The van der Waals surface area contributed by atoms with Crippen LogP contribution in [0.25, 0.3) is 0 Å². The molecule has 1 saturated heterocycles. The molecule has 0 radical (unpaired) electrons. The summed E-state index contributed by atoms with van der Waals surface area (Å²) in [6.07, 6.45) is 1.90. The molecule has 6 heteroatoms. The number of rotatable bonds is 6. The molecule has 1 amide bonds. The molecular formula is C11H21N3O3. The van der Waals surface area contributed by atoms with Gasteiger partial charge < -0.3 is 15.8 Å². The molecule has 1 rings (SSSR count). The van der Waals surface area contributed by atoms with Crippen LogP contribution >= 0.6 is 0 Å². The Kier molecular flexibility index (Phi) is 5.93. The van der Waals surface area contributed by atoms with Crippen LogP contribution in [0.3, 0.4) is 0 Å². The lowest BCUT2D eigenvalue weighted by Gasteiger charge is -2.14. The molecule has 0 spiro atoms. The molecule has 6 nitrogen and oxygen atoms in total. The fourth-order valence-corrected chi connectivity index (χ4v) is 1.83.